The molecule has 36 heavy (non-hydrogen) atoms. The van der Waals surface area contributed by atoms with Crippen molar-refractivity contribution in [1.82, 2.24) is 14.9 Å². The molecule has 2 atom stereocenters. The van der Waals surface area contributed by atoms with E-state index in [-0.39, 0.29) is 18.1 Å². The van der Waals surface area contributed by atoms with E-state index in [1.165, 1.54) is 0 Å². The van der Waals surface area contributed by atoms with Crippen LogP contribution in [-0.2, 0) is 17.7 Å². The number of hydrogen-bond donors (Lipinski definition) is 0. The van der Waals surface area contributed by atoms with Gasteiger partial charge in [-0.1, -0.05) is 30.3 Å². The molecule has 0 aliphatic carbocycles. The Hall–Kier alpha value is -3.65. The summed E-state index contributed by atoms with van der Waals surface area (Å²) in [5.41, 5.74) is 3.52. The van der Waals surface area contributed by atoms with Gasteiger partial charge in [0.25, 0.3) is 5.91 Å². The maximum atomic E-state index is 13.6. The van der Waals surface area contributed by atoms with Crippen molar-refractivity contribution < 1.29 is 19.0 Å². The highest BCUT2D eigenvalue weighted by Gasteiger charge is 2.31. The van der Waals surface area contributed by atoms with E-state index in [0.29, 0.717) is 42.4 Å². The molecule has 188 valence electrons. The Morgan fingerprint density at radius 2 is 1.64 bits per heavy atom. The molecule has 0 spiro atoms. The maximum absolute atomic E-state index is 13.6. The zero-order valence-corrected chi connectivity index (χ0v) is 21.2. The second-order valence-electron chi connectivity index (χ2n) is 9.40. The van der Waals surface area contributed by atoms with Gasteiger partial charge in [0.2, 0.25) is 0 Å². The third-order valence-electron chi connectivity index (χ3n) is 6.68. The monoisotopic (exact) mass is 488 g/mol. The fourth-order valence-corrected chi connectivity index (χ4v) is 5.01. The molecule has 8 nitrogen and oxygen atoms in total. The number of morpholine rings is 1. The first-order valence-electron chi connectivity index (χ1n) is 12.3. The first-order chi connectivity index (χ1) is 17.4. The van der Waals surface area contributed by atoms with Crippen LogP contribution in [0.25, 0.3) is 11.4 Å². The van der Waals surface area contributed by atoms with Gasteiger partial charge in [-0.05, 0) is 26.0 Å². The Morgan fingerprint density at radius 1 is 0.972 bits per heavy atom. The molecule has 0 bridgehead atoms. The van der Waals surface area contributed by atoms with Crippen molar-refractivity contribution in [3.05, 3.63) is 65.4 Å². The highest BCUT2D eigenvalue weighted by molar-refractivity contribution is 5.95. The zero-order valence-electron chi connectivity index (χ0n) is 21.2. The summed E-state index contributed by atoms with van der Waals surface area (Å²) in [6.45, 7) is 6.66. The summed E-state index contributed by atoms with van der Waals surface area (Å²) in [6, 6.07) is 15.3. The number of carbonyl (C=O) groups excluding carboxylic acids is 1. The number of carbonyl (C=O) groups is 1. The second-order valence-corrected chi connectivity index (χ2v) is 9.40. The summed E-state index contributed by atoms with van der Waals surface area (Å²) in [5, 5.41) is 0. The normalized spacial score (nSPS) is 19.6. The van der Waals surface area contributed by atoms with Crippen LogP contribution in [0.3, 0.4) is 0 Å². The van der Waals surface area contributed by atoms with E-state index in [9.17, 15) is 4.79 Å². The van der Waals surface area contributed by atoms with Gasteiger partial charge >= 0.3 is 0 Å². The van der Waals surface area contributed by atoms with Crippen molar-refractivity contribution in [3.63, 3.8) is 0 Å². The highest BCUT2D eigenvalue weighted by atomic mass is 16.5. The van der Waals surface area contributed by atoms with Crippen LogP contribution >= 0.6 is 0 Å². The van der Waals surface area contributed by atoms with Gasteiger partial charge in [-0.3, -0.25) is 4.79 Å². The summed E-state index contributed by atoms with van der Waals surface area (Å²) < 4.78 is 16.7. The number of methoxy groups -OCH3 is 2. The van der Waals surface area contributed by atoms with Gasteiger partial charge in [0.1, 0.15) is 17.3 Å². The van der Waals surface area contributed by atoms with E-state index in [2.05, 4.69) is 18.7 Å². The van der Waals surface area contributed by atoms with Crippen LogP contribution in [0.5, 0.6) is 11.5 Å². The lowest BCUT2D eigenvalue weighted by Crippen LogP contribution is -2.47. The molecular weight excluding hydrogens is 456 g/mol. The molecule has 0 saturated carbocycles. The number of nitrogens with zero attached hydrogens (tertiary/aromatic N) is 4. The number of amides is 1. The van der Waals surface area contributed by atoms with E-state index in [0.717, 1.165) is 35.7 Å². The summed E-state index contributed by atoms with van der Waals surface area (Å²) in [4.78, 5) is 27.7. The summed E-state index contributed by atoms with van der Waals surface area (Å²) >= 11 is 0. The minimum Gasteiger partial charge on any atom is -0.497 e. The summed E-state index contributed by atoms with van der Waals surface area (Å²) in [7, 11) is 3.16. The van der Waals surface area contributed by atoms with E-state index in [1.54, 1.807) is 32.4 Å². The molecule has 5 rings (SSSR count). The van der Waals surface area contributed by atoms with Crippen LogP contribution in [0.15, 0.2) is 48.5 Å². The first kappa shape index (κ1) is 24.1. The summed E-state index contributed by atoms with van der Waals surface area (Å²) in [5.74, 6) is 2.71. The van der Waals surface area contributed by atoms with E-state index in [4.69, 9.17) is 24.2 Å². The molecule has 1 saturated heterocycles. The largest absolute Gasteiger partial charge is 0.497 e. The third-order valence-corrected chi connectivity index (χ3v) is 6.68. The van der Waals surface area contributed by atoms with E-state index in [1.807, 2.05) is 35.2 Å². The van der Waals surface area contributed by atoms with Crippen LogP contribution < -0.4 is 14.4 Å². The number of rotatable bonds is 5. The molecule has 0 radical (unpaired) electrons. The predicted molar refractivity (Wildman–Crippen MR) is 138 cm³/mol. The Bertz CT molecular complexity index is 1220. The molecule has 8 heteroatoms. The molecule has 0 unspecified atom stereocenters. The van der Waals surface area contributed by atoms with Gasteiger partial charge < -0.3 is 24.0 Å². The molecular formula is C28H32N4O4. The highest BCUT2D eigenvalue weighted by Crippen LogP contribution is 2.32. The van der Waals surface area contributed by atoms with Crippen molar-refractivity contribution >= 4 is 11.7 Å². The average molecular weight is 489 g/mol. The summed E-state index contributed by atoms with van der Waals surface area (Å²) in [6.07, 6.45) is 0.836. The van der Waals surface area contributed by atoms with Crippen LogP contribution in [0.4, 0.5) is 5.82 Å². The molecule has 3 heterocycles. The van der Waals surface area contributed by atoms with Crippen LogP contribution in [0, 0.1) is 0 Å². The molecule has 2 aliphatic rings. The average Bonchev–Trinajstić information content (AvgIpc) is 2.91. The fourth-order valence-electron chi connectivity index (χ4n) is 5.01. The molecule has 2 aromatic carbocycles. The number of hydrogen-bond acceptors (Lipinski definition) is 7. The number of ether oxygens (including phenoxy) is 3. The van der Waals surface area contributed by atoms with Gasteiger partial charge in [0.15, 0.2) is 5.82 Å². The van der Waals surface area contributed by atoms with Crippen LogP contribution in [0.1, 0.15) is 35.5 Å². The van der Waals surface area contributed by atoms with Crippen LogP contribution in [-0.4, -0.2) is 66.8 Å². The van der Waals surface area contributed by atoms with Crippen molar-refractivity contribution in [2.75, 3.05) is 38.8 Å². The Morgan fingerprint density at radius 3 is 2.28 bits per heavy atom. The van der Waals surface area contributed by atoms with Gasteiger partial charge in [0, 0.05) is 48.8 Å². The molecule has 3 aromatic rings. The maximum Gasteiger partial charge on any atom is 0.254 e. The Kier molecular flexibility index (Phi) is 6.78. The van der Waals surface area contributed by atoms with E-state index >= 15 is 0 Å². The van der Waals surface area contributed by atoms with Gasteiger partial charge in [-0.15, -0.1) is 0 Å². The molecule has 1 amide bonds. The Labute approximate surface area is 211 Å². The number of benzene rings is 2. The quantitative estimate of drug-likeness (QED) is 0.538. The Balaban J connectivity index is 1.52. The predicted octanol–water partition coefficient (Wildman–Crippen LogP) is 3.97. The number of aromatic nitrogens is 2. The lowest BCUT2D eigenvalue weighted by atomic mass is 10.0. The second kappa shape index (κ2) is 10.1. The van der Waals surface area contributed by atoms with Gasteiger partial charge in [0.05, 0.1) is 38.7 Å². The third kappa shape index (κ3) is 4.86. The smallest absolute Gasteiger partial charge is 0.254 e. The minimum atomic E-state index is -0.0698. The molecule has 2 aliphatic heterocycles. The lowest BCUT2D eigenvalue weighted by molar-refractivity contribution is -0.00558. The minimum absolute atomic E-state index is 0.0698. The van der Waals surface area contributed by atoms with Crippen LogP contribution in [0.2, 0.25) is 0 Å². The lowest BCUT2D eigenvalue weighted by Gasteiger charge is -2.39. The SMILES string of the molecule is COc1cc(OC)cc(C(=O)N2CCc3nc(-c4ccccc4)nc(N4C[C@@H](C)O[C@H](C)C4)c3C2)c1. The fraction of sp³-hybridized carbons (Fsp3) is 0.393. The molecule has 1 aromatic heterocycles. The van der Waals surface area contributed by atoms with Crippen molar-refractivity contribution in [3.8, 4) is 22.9 Å². The van der Waals surface area contributed by atoms with Crippen molar-refractivity contribution in [2.45, 2.75) is 39.0 Å². The van der Waals surface area contributed by atoms with Crippen molar-refractivity contribution in [2.24, 2.45) is 0 Å². The zero-order chi connectivity index (χ0) is 25.2. The number of fused-ring (bicyclic) bond motifs is 1. The molecule has 0 N–H and O–H groups in total. The topological polar surface area (TPSA) is 77.0 Å². The standard InChI is InChI=1S/C28H32N4O4/c1-18-15-32(16-19(2)36-18)27-24-17-31(28(33)21-12-22(34-3)14-23(13-21)35-4)11-10-25(24)29-26(30-27)20-8-6-5-7-9-20/h5-9,12-14,18-19H,10-11,15-17H2,1-4H3/t18-,19-/m1/s1. The number of anilines is 1. The van der Waals surface area contributed by atoms with Gasteiger partial charge in [-0.25, -0.2) is 9.97 Å². The molecule has 1 fully saturated rings. The van der Waals surface area contributed by atoms with E-state index < -0.39 is 0 Å². The van der Waals surface area contributed by atoms with Crippen molar-refractivity contribution in [1.29, 1.82) is 0 Å². The first-order valence-corrected chi connectivity index (χ1v) is 12.3. The van der Waals surface area contributed by atoms with Gasteiger partial charge in [-0.2, -0.15) is 0 Å².